The van der Waals surface area contributed by atoms with Gasteiger partial charge in [0.05, 0.1) is 4.91 Å². The van der Waals surface area contributed by atoms with Crippen molar-refractivity contribution in [2.45, 2.75) is 46.7 Å². The van der Waals surface area contributed by atoms with E-state index < -0.39 is 0 Å². The number of benzene rings is 1. The van der Waals surface area contributed by atoms with E-state index in [1.165, 1.54) is 23.9 Å². The Morgan fingerprint density at radius 2 is 1.76 bits per heavy atom. The minimum absolute atomic E-state index is 0.0674. The number of piperazine rings is 1. The summed E-state index contributed by atoms with van der Waals surface area (Å²) in [7, 11) is 0. The summed E-state index contributed by atoms with van der Waals surface area (Å²) in [6.45, 7) is 10.7. The first-order valence-corrected chi connectivity index (χ1v) is 13.6. The number of anilines is 2. The molecule has 194 valence electrons. The molecule has 3 heterocycles. The first-order chi connectivity index (χ1) is 17.7. The average Bonchev–Trinajstić information content (AvgIpc) is 3.16. The number of pyridine rings is 1. The molecule has 4 rings (SSSR count). The van der Waals surface area contributed by atoms with Crippen LogP contribution in [0.25, 0.3) is 6.08 Å². The van der Waals surface area contributed by atoms with Crippen molar-refractivity contribution in [3.8, 4) is 6.07 Å². The third-order valence-corrected chi connectivity index (χ3v) is 8.01. The molecule has 7 nitrogen and oxygen atoms in total. The summed E-state index contributed by atoms with van der Waals surface area (Å²) in [5.41, 5.74) is 1.98. The zero-order valence-corrected chi connectivity index (χ0v) is 23.1. The van der Waals surface area contributed by atoms with Crippen molar-refractivity contribution >= 4 is 51.8 Å². The van der Waals surface area contributed by atoms with Crippen LogP contribution >= 0.6 is 24.0 Å². The Morgan fingerprint density at radius 3 is 2.30 bits per heavy atom. The van der Waals surface area contributed by atoms with Gasteiger partial charge in [0.1, 0.15) is 27.6 Å². The van der Waals surface area contributed by atoms with Crippen molar-refractivity contribution in [1.82, 2.24) is 9.47 Å². The third kappa shape index (κ3) is 5.15. The molecule has 2 aliphatic heterocycles. The molecule has 2 aromatic rings. The number of nitriles is 1. The lowest BCUT2D eigenvalue weighted by Crippen LogP contribution is -2.48. The van der Waals surface area contributed by atoms with Crippen molar-refractivity contribution in [3.05, 3.63) is 62.0 Å². The fraction of sp³-hybridized carbons (Fsp3) is 0.407. The molecule has 0 unspecified atom stereocenters. The van der Waals surface area contributed by atoms with E-state index in [0.29, 0.717) is 59.5 Å². The summed E-state index contributed by atoms with van der Waals surface area (Å²) < 4.78 is 15.6. The minimum Gasteiger partial charge on any atom is -0.368 e. The summed E-state index contributed by atoms with van der Waals surface area (Å²) in [4.78, 5) is 33.0. The summed E-state index contributed by atoms with van der Waals surface area (Å²) in [5.74, 6) is 0.284. The van der Waals surface area contributed by atoms with Gasteiger partial charge >= 0.3 is 0 Å². The SMILES string of the molecule is CCCn1c(N2CCN(c3ccc(F)cc3)CC2)c(C=C2SC(=S)N(C(C)C)C2=O)c(C)c(C#N)c1=O. The molecule has 2 saturated heterocycles. The molecule has 0 bridgehead atoms. The molecule has 0 radical (unpaired) electrons. The molecule has 1 amide bonds. The lowest BCUT2D eigenvalue weighted by atomic mass is 10.0. The van der Waals surface area contributed by atoms with Crippen LogP contribution in [-0.2, 0) is 11.3 Å². The van der Waals surface area contributed by atoms with Gasteiger partial charge in [-0.15, -0.1) is 0 Å². The number of aromatic nitrogens is 1. The highest BCUT2D eigenvalue weighted by atomic mass is 32.2. The fourth-order valence-corrected chi connectivity index (χ4v) is 6.31. The van der Waals surface area contributed by atoms with E-state index in [1.807, 2.05) is 20.8 Å². The van der Waals surface area contributed by atoms with Crippen molar-refractivity contribution in [2.24, 2.45) is 0 Å². The number of hydrogen-bond acceptors (Lipinski definition) is 7. The molecule has 1 aromatic carbocycles. The van der Waals surface area contributed by atoms with Gasteiger partial charge in [0.25, 0.3) is 11.5 Å². The number of thioether (sulfide) groups is 1. The largest absolute Gasteiger partial charge is 0.368 e. The van der Waals surface area contributed by atoms with E-state index in [1.54, 1.807) is 34.6 Å². The second kappa shape index (κ2) is 11.1. The molecular weight excluding hydrogens is 509 g/mol. The Bertz CT molecular complexity index is 1350. The van der Waals surface area contributed by atoms with Gasteiger partial charge in [0.15, 0.2) is 0 Å². The zero-order valence-electron chi connectivity index (χ0n) is 21.5. The highest BCUT2D eigenvalue weighted by molar-refractivity contribution is 8.26. The molecule has 37 heavy (non-hydrogen) atoms. The predicted octanol–water partition coefficient (Wildman–Crippen LogP) is 4.51. The minimum atomic E-state index is -0.315. The van der Waals surface area contributed by atoms with E-state index in [0.717, 1.165) is 11.5 Å². The standard InChI is InChI=1S/C27H30FN5O2S2/c1-5-10-32-24(31-13-11-30(12-14-31)20-8-6-19(28)7-9-20)21(18(4)22(16-29)25(32)34)15-23-26(35)33(17(2)3)27(36)37-23/h6-9,15,17H,5,10-14H2,1-4H3. The Labute approximate surface area is 226 Å². The highest BCUT2D eigenvalue weighted by Gasteiger charge is 2.35. The third-order valence-electron chi connectivity index (χ3n) is 6.68. The summed E-state index contributed by atoms with van der Waals surface area (Å²) in [5, 5.41) is 9.84. The Kier molecular flexibility index (Phi) is 8.05. The fourth-order valence-electron chi connectivity index (χ4n) is 4.80. The van der Waals surface area contributed by atoms with E-state index in [9.17, 15) is 19.2 Å². The van der Waals surface area contributed by atoms with Crippen LogP contribution in [0.5, 0.6) is 0 Å². The van der Waals surface area contributed by atoms with Crippen LogP contribution in [0.2, 0.25) is 0 Å². The summed E-state index contributed by atoms with van der Waals surface area (Å²) >= 11 is 6.71. The van der Waals surface area contributed by atoms with Gasteiger partial charge in [-0.25, -0.2) is 4.39 Å². The molecule has 1 aromatic heterocycles. The van der Waals surface area contributed by atoms with Gasteiger partial charge < -0.3 is 9.80 Å². The van der Waals surface area contributed by atoms with Crippen LogP contribution in [-0.4, -0.2) is 51.9 Å². The average molecular weight is 540 g/mol. The second-order valence-electron chi connectivity index (χ2n) is 9.40. The van der Waals surface area contributed by atoms with Crippen molar-refractivity contribution in [3.63, 3.8) is 0 Å². The number of rotatable bonds is 6. The maximum atomic E-state index is 13.4. The quantitative estimate of drug-likeness (QED) is 0.395. The van der Waals surface area contributed by atoms with Crippen LogP contribution < -0.4 is 15.4 Å². The predicted molar refractivity (Wildman–Crippen MR) is 151 cm³/mol. The highest BCUT2D eigenvalue weighted by Crippen LogP contribution is 2.37. The first-order valence-electron chi connectivity index (χ1n) is 12.4. The van der Waals surface area contributed by atoms with Crippen LogP contribution in [0, 0.1) is 24.1 Å². The molecule has 0 spiro atoms. The van der Waals surface area contributed by atoms with Crippen molar-refractivity contribution < 1.29 is 9.18 Å². The van der Waals surface area contributed by atoms with E-state index in [2.05, 4.69) is 15.9 Å². The molecule has 2 fully saturated rings. The summed E-state index contributed by atoms with van der Waals surface area (Å²) in [6.07, 6.45) is 2.51. The lowest BCUT2D eigenvalue weighted by molar-refractivity contribution is -0.123. The molecule has 10 heteroatoms. The molecule has 0 atom stereocenters. The van der Waals surface area contributed by atoms with Gasteiger partial charge in [-0.2, -0.15) is 5.26 Å². The van der Waals surface area contributed by atoms with Crippen LogP contribution in [0.1, 0.15) is 43.9 Å². The number of carbonyl (C=O) groups excluding carboxylic acids is 1. The number of carbonyl (C=O) groups is 1. The zero-order chi connectivity index (χ0) is 26.9. The molecular formula is C27H30FN5O2S2. The van der Waals surface area contributed by atoms with Gasteiger partial charge in [-0.05, 0) is 63.1 Å². The van der Waals surface area contributed by atoms with Gasteiger partial charge in [-0.1, -0.05) is 30.9 Å². The smallest absolute Gasteiger partial charge is 0.270 e. The van der Waals surface area contributed by atoms with Crippen LogP contribution in [0.3, 0.4) is 0 Å². The molecule has 0 saturated carbocycles. The van der Waals surface area contributed by atoms with E-state index in [-0.39, 0.29) is 28.9 Å². The molecule has 0 aliphatic carbocycles. The Hall–Kier alpha value is -3.16. The summed E-state index contributed by atoms with van der Waals surface area (Å²) in [6, 6.07) is 8.47. The Morgan fingerprint density at radius 1 is 1.14 bits per heavy atom. The molecule has 2 aliphatic rings. The van der Waals surface area contributed by atoms with Gasteiger partial charge in [-0.3, -0.25) is 19.1 Å². The maximum absolute atomic E-state index is 13.4. The topological polar surface area (TPSA) is 72.6 Å². The monoisotopic (exact) mass is 539 g/mol. The second-order valence-corrected chi connectivity index (χ2v) is 11.1. The number of hydrogen-bond donors (Lipinski definition) is 0. The normalized spacial score (nSPS) is 17.3. The van der Waals surface area contributed by atoms with Crippen molar-refractivity contribution in [1.29, 1.82) is 5.26 Å². The number of halogens is 1. The number of amides is 1. The van der Waals surface area contributed by atoms with Gasteiger partial charge in [0.2, 0.25) is 0 Å². The number of nitrogens with zero attached hydrogens (tertiary/aromatic N) is 5. The van der Waals surface area contributed by atoms with Crippen LogP contribution in [0.15, 0.2) is 34.0 Å². The Balaban J connectivity index is 1.79. The number of thiocarbonyl (C=S) groups is 1. The van der Waals surface area contributed by atoms with Crippen LogP contribution in [0.4, 0.5) is 15.9 Å². The van der Waals surface area contributed by atoms with E-state index >= 15 is 0 Å². The maximum Gasteiger partial charge on any atom is 0.270 e. The van der Waals surface area contributed by atoms with E-state index in [4.69, 9.17) is 12.2 Å². The van der Waals surface area contributed by atoms with Crippen molar-refractivity contribution in [2.75, 3.05) is 36.0 Å². The first kappa shape index (κ1) is 26.9. The lowest BCUT2D eigenvalue weighted by Gasteiger charge is -2.39. The molecule has 0 N–H and O–H groups in total. The van der Waals surface area contributed by atoms with Gasteiger partial charge in [0, 0.05) is 50.0 Å².